The summed E-state index contributed by atoms with van der Waals surface area (Å²) in [6.07, 6.45) is 1.14. The molecule has 8 heteroatoms. The largest absolute Gasteiger partial charge is 0.465 e. The lowest BCUT2D eigenvalue weighted by molar-refractivity contribution is -0.385. The Hall–Kier alpha value is -2.67. The summed E-state index contributed by atoms with van der Waals surface area (Å²) in [6.45, 7) is 0. The Kier molecular flexibility index (Phi) is 4.34. The molecule has 7 nitrogen and oxygen atoms in total. The zero-order valence-electron chi connectivity index (χ0n) is 10.9. The molecule has 0 fully saturated rings. The molecule has 2 rings (SSSR count). The first-order chi connectivity index (χ1) is 10.0. The van der Waals surface area contributed by atoms with E-state index in [1.165, 1.54) is 25.3 Å². The second kappa shape index (κ2) is 6.19. The maximum atomic E-state index is 11.5. The summed E-state index contributed by atoms with van der Waals surface area (Å²) in [4.78, 5) is 25.5. The maximum absolute atomic E-state index is 11.5. The normalized spacial score (nSPS) is 10.0. The van der Waals surface area contributed by atoms with E-state index in [4.69, 9.17) is 11.6 Å². The number of anilines is 2. The van der Waals surface area contributed by atoms with Gasteiger partial charge in [0.1, 0.15) is 12.0 Å². The van der Waals surface area contributed by atoms with Gasteiger partial charge in [0.2, 0.25) is 0 Å². The van der Waals surface area contributed by atoms with E-state index >= 15 is 0 Å². The van der Waals surface area contributed by atoms with Crippen LogP contribution >= 0.6 is 11.6 Å². The first-order valence-electron chi connectivity index (χ1n) is 5.76. The fraction of sp³-hybridized carbons (Fsp3) is 0.0769. The van der Waals surface area contributed by atoms with Crippen LogP contribution in [0.5, 0.6) is 0 Å². The highest BCUT2D eigenvalue weighted by molar-refractivity contribution is 6.33. The van der Waals surface area contributed by atoms with Crippen molar-refractivity contribution < 1.29 is 14.5 Å². The molecule has 0 amide bonds. The van der Waals surface area contributed by atoms with Crippen LogP contribution in [0.2, 0.25) is 5.02 Å². The summed E-state index contributed by atoms with van der Waals surface area (Å²) < 4.78 is 4.62. The Morgan fingerprint density at radius 1 is 1.38 bits per heavy atom. The van der Waals surface area contributed by atoms with Crippen LogP contribution in [0.4, 0.5) is 17.2 Å². The van der Waals surface area contributed by atoms with Crippen molar-refractivity contribution in [2.45, 2.75) is 0 Å². The van der Waals surface area contributed by atoms with Crippen molar-refractivity contribution in [2.24, 2.45) is 0 Å². The van der Waals surface area contributed by atoms with Crippen molar-refractivity contribution in [1.82, 2.24) is 4.98 Å². The summed E-state index contributed by atoms with van der Waals surface area (Å²) in [6, 6.07) is 7.49. The smallest absolute Gasteiger partial charge is 0.339 e. The molecule has 0 bridgehead atoms. The molecule has 0 atom stereocenters. The molecule has 0 aliphatic rings. The molecule has 0 aliphatic carbocycles. The van der Waals surface area contributed by atoms with Crippen molar-refractivity contribution >= 4 is 34.8 Å². The molecule has 0 saturated heterocycles. The summed E-state index contributed by atoms with van der Waals surface area (Å²) in [5.41, 5.74) is 0.666. The molecule has 1 aromatic carbocycles. The quantitative estimate of drug-likeness (QED) is 0.529. The zero-order valence-corrected chi connectivity index (χ0v) is 11.6. The summed E-state index contributed by atoms with van der Waals surface area (Å²) in [7, 11) is 1.26. The van der Waals surface area contributed by atoms with Gasteiger partial charge in [0.05, 0.1) is 22.6 Å². The van der Waals surface area contributed by atoms with Gasteiger partial charge in [0.25, 0.3) is 5.69 Å². The van der Waals surface area contributed by atoms with Crippen molar-refractivity contribution in [3.05, 3.63) is 57.2 Å². The average Bonchev–Trinajstić information content (AvgIpc) is 2.49. The van der Waals surface area contributed by atoms with Crippen molar-refractivity contribution in [3.8, 4) is 0 Å². The Morgan fingerprint density at radius 2 is 2.14 bits per heavy atom. The number of hydrogen-bond donors (Lipinski definition) is 1. The van der Waals surface area contributed by atoms with Crippen LogP contribution in [0.25, 0.3) is 0 Å². The molecular formula is C13H10ClN3O4. The van der Waals surface area contributed by atoms with E-state index in [9.17, 15) is 14.9 Å². The minimum atomic E-state index is -0.555. The number of carbonyl (C=O) groups excluding carboxylic acids is 1. The van der Waals surface area contributed by atoms with Crippen LogP contribution in [0, 0.1) is 10.1 Å². The molecule has 21 heavy (non-hydrogen) atoms. The molecule has 2 aromatic rings. The minimum Gasteiger partial charge on any atom is -0.465 e. The molecule has 1 heterocycles. The molecule has 0 radical (unpaired) electrons. The summed E-state index contributed by atoms with van der Waals surface area (Å²) >= 11 is 5.91. The van der Waals surface area contributed by atoms with Gasteiger partial charge in [-0.3, -0.25) is 10.1 Å². The summed E-state index contributed by atoms with van der Waals surface area (Å²) in [5.74, 6) is -0.154. The number of aromatic nitrogens is 1. The van der Waals surface area contributed by atoms with Crippen molar-refractivity contribution in [3.63, 3.8) is 0 Å². The van der Waals surface area contributed by atoms with Crippen LogP contribution in [-0.4, -0.2) is 23.0 Å². The number of ether oxygens (including phenoxy) is 1. The first-order valence-corrected chi connectivity index (χ1v) is 6.14. The molecule has 0 saturated carbocycles. The standard InChI is InChI=1S/C13H10ClN3O4/c1-21-13(18)10-6-8(2-4-11(10)14)16-12-5-3-9(7-15-12)17(19)20/h2-7H,1H3,(H,15,16). The number of carbonyl (C=O) groups is 1. The maximum Gasteiger partial charge on any atom is 0.339 e. The Labute approximate surface area is 124 Å². The molecule has 0 aliphatic heterocycles. The Bertz CT molecular complexity index is 688. The number of methoxy groups -OCH3 is 1. The van der Waals surface area contributed by atoms with E-state index in [0.717, 1.165) is 6.20 Å². The predicted molar refractivity (Wildman–Crippen MR) is 77.0 cm³/mol. The second-order valence-electron chi connectivity index (χ2n) is 3.97. The van der Waals surface area contributed by atoms with Crippen LogP contribution in [0.1, 0.15) is 10.4 Å². The third-order valence-corrected chi connectivity index (χ3v) is 2.93. The van der Waals surface area contributed by atoms with Crippen LogP contribution < -0.4 is 5.32 Å². The monoisotopic (exact) mass is 307 g/mol. The number of hydrogen-bond acceptors (Lipinski definition) is 6. The van der Waals surface area contributed by atoms with Gasteiger partial charge in [-0.1, -0.05) is 11.6 Å². The fourth-order valence-electron chi connectivity index (χ4n) is 1.59. The molecule has 0 spiro atoms. The SMILES string of the molecule is COC(=O)c1cc(Nc2ccc([N+](=O)[O-])cn2)ccc1Cl. The van der Waals surface area contributed by atoms with Gasteiger partial charge in [-0.05, 0) is 24.3 Å². The van der Waals surface area contributed by atoms with E-state index in [-0.39, 0.29) is 16.3 Å². The highest BCUT2D eigenvalue weighted by Crippen LogP contribution is 2.24. The van der Waals surface area contributed by atoms with Gasteiger partial charge in [-0.25, -0.2) is 9.78 Å². The van der Waals surface area contributed by atoms with Crippen LogP contribution in [0.3, 0.4) is 0 Å². The van der Waals surface area contributed by atoms with Gasteiger partial charge >= 0.3 is 5.97 Å². The van der Waals surface area contributed by atoms with Crippen LogP contribution in [-0.2, 0) is 4.74 Å². The van der Waals surface area contributed by atoms with Crippen LogP contribution in [0.15, 0.2) is 36.5 Å². The van der Waals surface area contributed by atoms with Gasteiger partial charge in [-0.2, -0.15) is 0 Å². The number of benzene rings is 1. The molecule has 1 aromatic heterocycles. The van der Waals surface area contributed by atoms with Crippen molar-refractivity contribution in [1.29, 1.82) is 0 Å². The second-order valence-corrected chi connectivity index (χ2v) is 4.38. The Balaban J connectivity index is 2.23. The van der Waals surface area contributed by atoms with Gasteiger partial charge in [-0.15, -0.1) is 0 Å². The fourth-order valence-corrected chi connectivity index (χ4v) is 1.78. The highest BCUT2D eigenvalue weighted by Gasteiger charge is 2.12. The lowest BCUT2D eigenvalue weighted by atomic mass is 10.2. The average molecular weight is 308 g/mol. The van der Waals surface area contributed by atoms with Gasteiger partial charge in [0.15, 0.2) is 0 Å². The number of halogens is 1. The van der Waals surface area contributed by atoms with Gasteiger partial charge in [0, 0.05) is 11.8 Å². The van der Waals surface area contributed by atoms with E-state index < -0.39 is 10.9 Å². The summed E-state index contributed by atoms with van der Waals surface area (Å²) in [5, 5.41) is 13.7. The van der Waals surface area contributed by atoms with Gasteiger partial charge < -0.3 is 10.1 Å². The number of nitrogens with one attached hydrogen (secondary N) is 1. The number of pyridine rings is 1. The van der Waals surface area contributed by atoms with E-state index in [2.05, 4.69) is 15.0 Å². The van der Waals surface area contributed by atoms with E-state index in [0.29, 0.717) is 11.5 Å². The first kappa shape index (κ1) is 14.7. The van der Waals surface area contributed by atoms with E-state index in [1.807, 2.05) is 0 Å². The van der Waals surface area contributed by atoms with Crippen molar-refractivity contribution in [2.75, 3.05) is 12.4 Å². The van der Waals surface area contributed by atoms with E-state index in [1.54, 1.807) is 12.1 Å². The topological polar surface area (TPSA) is 94.4 Å². The lowest BCUT2D eigenvalue weighted by Gasteiger charge is -2.08. The number of nitrogens with zero attached hydrogens (tertiary/aromatic N) is 2. The molecule has 0 unspecified atom stereocenters. The lowest BCUT2D eigenvalue weighted by Crippen LogP contribution is -2.03. The molecule has 108 valence electrons. The number of nitro groups is 1. The third kappa shape index (κ3) is 3.46. The molecular weight excluding hydrogens is 298 g/mol. The highest BCUT2D eigenvalue weighted by atomic mass is 35.5. The Morgan fingerprint density at radius 3 is 2.71 bits per heavy atom. The number of esters is 1. The molecule has 1 N–H and O–H groups in total. The zero-order chi connectivity index (χ0) is 15.4. The minimum absolute atomic E-state index is 0.105. The predicted octanol–water partition coefficient (Wildman–Crippen LogP) is 3.17. The third-order valence-electron chi connectivity index (χ3n) is 2.60. The number of rotatable bonds is 4.